The second kappa shape index (κ2) is 5.68. The molecule has 2 atom stereocenters. The van der Waals surface area contributed by atoms with E-state index in [-0.39, 0.29) is 11.9 Å². The van der Waals surface area contributed by atoms with Crippen LogP contribution in [0.2, 0.25) is 0 Å². The molecule has 2 fully saturated rings. The number of carboxylic acid groups (broad SMARTS) is 1. The second-order valence-corrected chi connectivity index (χ2v) is 5.68. The van der Waals surface area contributed by atoms with Gasteiger partial charge in [0.2, 0.25) is 5.91 Å². The van der Waals surface area contributed by atoms with E-state index >= 15 is 0 Å². The highest BCUT2D eigenvalue weighted by Gasteiger charge is 2.41. The highest BCUT2D eigenvalue weighted by Crippen LogP contribution is 2.27. The van der Waals surface area contributed by atoms with Crippen LogP contribution in [0.4, 0.5) is 4.79 Å². The summed E-state index contributed by atoms with van der Waals surface area (Å²) < 4.78 is 0. The zero-order chi connectivity index (χ0) is 14.9. The largest absolute Gasteiger partial charge is 0.481 e. The Hall–Kier alpha value is -1.79. The van der Waals surface area contributed by atoms with E-state index in [1.54, 1.807) is 11.8 Å². The Morgan fingerprint density at radius 2 is 1.90 bits per heavy atom. The monoisotopic (exact) mass is 283 g/mol. The van der Waals surface area contributed by atoms with Gasteiger partial charge in [0.05, 0.1) is 5.92 Å². The second-order valence-electron chi connectivity index (χ2n) is 5.68. The zero-order valence-corrected chi connectivity index (χ0v) is 11.6. The highest BCUT2D eigenvalue weighted by molar-refractivity contribution is 5.86. The molecule has 2 aliphatic heterocycles. The van der Waals surface area contributed by atoms with Crippen LogP contribution >= 0.6 is 0 Å². The SMILES string of the molecule is CC(C(=O)O)C1CN(C(=O)N2CCCCC2C(N)=O)C1. The molecule has 2 unspecified atom stereocenters. The molecule has 2 rings (SSSR count). The smallest absolute Gasteiger partial charge is 0.320 e. The number of nitrogens with two attached hydrogens (primary N) is 1. The van der Waals surface area contributed by atoms with Gasteiger partial charge in [-0.2, -0.15) is 0 Å². The molecule has 0 aliphatic carbocycles. The predicted molar refractivity (Wildman–Crippen MR) is 70.8 cm³/mol. The average Bonchev–Trinajstić information content (AvgIpc) is 2.36. The quantitative estimate of drug-likeness (QED) is 0.766. The number of carbonyl (C=O) groups excluding carboxylic acids is 2. The Labute approximate surface area is 117 Å². The average molecular weight is 283 g/mol. The van der Waals surface area contributed by atoms with Gasteiger partial charge in [-0.05, 0) is 19.3 Å². The number of urea groups is 1. The lowest BCUT2D eigenvalue weighted by Crippen LogP contribution is -2.61. The molecule has 0 aromatic rings. The summed E-state index contributed by atoms with van der Waals surface area (Å²) in [7, 11) is 0. The van der Waals surface area contributed by atoms with E-state index in [2.05, 4.69) is 0 Å². The minimum Gasteiger partial charge on any atom is -0.481 e. The molecule has 112 valence electrons. The molecular formula is C13H21N3O4. The van der Waals surface area contributed by atoms with Crippen LogP contribution in [0.5, 0.6) is 0 Å². The van der Waals surface area contributed by atoms with E-state index < -0.39 is 23.8 Å². The summed E-state index contributed by atoms with van der Waals surface area (Å²) in [6, 6.07) is -0.713. The standard InChI is InChI=1S/C13H21N3O4/c1-8(12(18)19)9-6-15(7-9)13(20)16-5-3-2-4-10(16)11(14)17/h8-10H,2-7H2,1H3,(H2,14,17)(H,18,19). The summed E-state index contributed by atoms with van der Waals surface area (Å²) in [6.07, 6.45) is 2.39. The lowest BCUT2D eigenvalue weighted by Gasteiger charge is -2.45. The van der Waals surface area contributed by atoms with E-state index in [0.29, 0.717) is 26.1 Å². The topological polar surface area (TPSA) is 104 Å². The van der Waals surface area contributed by atoms with E-state index in [0.717, 1.165) is 12.8 Å². The number of carboxylic acids is 1. The minimum absolute atomic E-state index is 0.00623. The minimum atomic E-state index is -0.838. The fraction of sp³-hybridized carbons (Fsp3) is 0.769. The molecular weight excluding hydrogens is 262 g/mol. The molecule has 0 spiro atoms. The van der Waals surface area contributed by atoms with Gasteiger partial charge in [-0.1, -0.05) is 6.92 Å². The van der Waals surface area contributed by atoms with Crippen molar-refractivity contribution in [1.82, 2.24) is 9.80 Å². The van der Waals surface area contributed by atoms with Crippen LogP contribution in [-0.4, -0.2) is 58.5 Å². The summed E-state index contributed by atoms with van der Waals surface area (Å²) in [5, 5.41) is 8.93. The molecule has 0 aromatic heterocycles. The molecule has 0 saturated carbocycles. The van der Waals surface area contributed by atoms with Crippen molar-refractivity contribution in [1.29, 1.82) is 0 Å². The summed E-state index contributed by atoms with van der Waals surface area (Å²) in [6.45, 7) is 3.08. The van der Waals surface area contributed by atoms with Crippen molar-refractivity contribution in [2.45, 2.75) is 32.2 Å². The number of hydrogen-bond acceptors (Lipinski definition) is 3. The summed E-state index contributed by atoms with van der Waals surface area (Å²) >= 11 is 0. The molecule has 7 heteroatoms. The molecule has 2 heterocycles. The summed E-state index contributed by atoms with van der Waals surface area (Å²) in [5.74, 6) is -1.76. The Morgan fingerprint density at radius 3 is 2.45 bits per heavy atom. The first-order valence-electron chi connectivity index (χ1n) is 6.99. The van der Waals surface area contributed by atoms with Crippen molar-refractivity contribution in [3.63, 3.8) is 0 Å². The Kier molecular flexibility index (Phi) is 4.15. The number of primary amides is 1. The van der Waals surface area contributed by atoms with E-state index in [4.69, 9.17) is 10.8 Å². The third-order valence-corrected chi connectivity index (χ3v) is 4.35. The molecule has 0 bridgehead atoms. The maximum atomic E-state index is 12.3. The van der Waals surface area contributed by atoms with Crippen molar-refractivity contribution in [2.24, 2.45) is 17.6 Å². The van der Waals surface area contributed by atoms with Crippen LogP contribution in [0.1, 0.15) is 26.2 Å². The van der Waals surface area contributed by atoms with Crippen LogP contribution in [0.15, 0.2) is 0 Å². The van der Waals surface area contributed by atoms with Crippen LogP contribution < -0.4 is 5.73 Å². The lowest BCUT2D eigenvalue weighted by molar-refractivity contribution is -0.145. The van der Waals surface area contributed by atoms with Gasteiger partial charge in [-0.3, -0.25) is 9.59 Å². The van der Waals surface area contributed by atoms with Gasteiger partial charge in [-0.15, -0.1) is 0 Å². The van der Waals surface area contributed by atoms with Gasteiger partial charge in [0.15, 0.2) is 0 Å². The van der Waals surface area contributed by atoms with E-state index in [1.165, 1.54) is 4.90 Å². The number of piperidine rings is 1. The third kappa shape index (κ3) is 2.71. The highest BCUT2D eigenvalue weighted by atomic mass is 16.4. The number of hydrogen-bond donors (Lipinski definition) is 2. The number of rotatable bonds is 3. The molecule has 0 aromatic carbocycles. The van der Waals surface area contributed by atoms with Gasteiger partial charge in [0, 0.05) is 25.6 Å². The van der Waals surface area contributed by atoms with Gasteiger partial charge < -0.3 is 20.6 Å². The Bertz CT molecular complexity index is 420. The maximum Gasteiger partial charge on any atom is 0.320 e. The van der Waals surface area contributed by atoms with Gasteiger partial charge in [0.1, 0.15) is 6.04 Å². The van der Waals surface area contributed by atoms with E-state index in [1.807, 2.05) is 0 Å². The number of aliphatic carboxylic acids is 1. The third-order valence-electron chi connectivity index (χ3n) is 4.35. The van der Waals surface area contributed by atoms with Crippen molar-refractivity contribution >= 4 is 17.9 Å². The van der Waals surface area contributed by atoms with Crippen LogP contribution in [0.25, 0.3) is 0 Å². The molecule has 2 aliphatic rings. The summed E-state index contributed by atoms with van der Waals surface area (Å²) in [5.41, 5.74) is 5.34. The fourth-order valence-electron chi connectivity index (χ4n) is 2.82. The van der Waals surface area contributed by atoms with Gasteiger partial charge >= 0.3 is 12.0 Å². The summed E-state index contributed by atoms with van der Waals surface area (Å²) in [4.78, 5) is 37.7. The van der Waals surface area contributed by atoms with Crippen molar-refractivity contribution in [2.75, 3.05) is 19.6 Å². The molecule has 7 nitrogen and oxygen atoms in total. The Morgan fingerprint density at radius 1 is 1.25 bits per heavy atom. The predicted octanol–water partition coefficient (Wildman–Crippen LogP) is 0.0987. The molecule has 3 N–H and O–H groups in total. The number of amides is 3. The lowest BCUT2D eigenvalue weighted by atomic mass is 9.87. The zero-order valence-electron chi connectivity index (χ0n) is 11.6. The van der Waals surface area contributed by atoms with Crippen molar-refractivity contribution in [3.05, 3.63) is 0 Å². The van der Waals surface area contributed by atoms with Crippen molar-refractivity contribution in [3.8, 4) is 0 Å². The molecule has 20 heavy (non-hydrogen) atoms. The number of carbonyl (C=O) groups is 3. The first kappa shape index (κ1) is 14.6. The van der Waals surface area contributed by atoms with Gasteiger partial charge in [0.25, 0.3) is 0 Å². The fourth-order valence-corrected chi connectivity index (χ4v) is 2.82. The first-order valence-corrected chi connectivity index (χ1v) is 6.99. The normalized spacial score (nSPS) is 24.9. The first-order chi connectivity index (χ1) is 9.41. The molecule has 2 saturated heterocycles. The maximum absolute atomic E-state index is 12.3. The van der Waals surface area contributed by atoms with Crippen molar-refractivity contribution < 1.29 is 19.5 Å². The number of nitrogens with zero attached hydrogens (tertiary/aromatic N) is 2. The number of likely N-dealkylation sites (tertiary alicyclic amines) is 2. The molecule has 0 radical (unpaired) electrons. The van der Waals surface area contributed by atoms with Crippen LogP contribution in [0.3, 0.4) is 0 Å². The Balaban J connectivity index is 1.92. The van der Waals surface area contributed by atoms with Crippen LogP contribution in [0, 0.1) is 11.8 Å². The molecule has 3 amide bonds. The van der Waals surface area contributed by atoms with Gasteiger partial charge in [-0.25, -0.2) is 4.79 Å². The van der Waals surface area contributed by atoms with Crippen LogP contribution in [-0.2, 0) is 9.59 Å². The van der Waals surface area contributed by atoms with E-state index in [9.17, 15) is 14.4 Å².